The van der Waals surface area contributed by atoms with Crippen LogP contribution in [-0.2, 0) is 7.05 Å². The zero-order valence-corrected chi connectivity index (χ0v) is 11.5. The Morgan fingerprint density at radius 2 is 2.16 bits per heavy atom. The first kappa shape index (κ1) is 11.8. The van der Waals surface area contributed by atoms with Crippen molar-refractivity contribution in [3.05, 3.63) is 40.6 Å². The van der Waals surface area contributed by atoms with E-state index in [1.807, 2.05) is 36.7 Å². The number of thiophene rings is 1. The molecule has 3 aromatic rings. The highest BCUT2D eigenvalue weighted by molar-refractivity contribution is 7.08. The van der Waals surface area contributed by atoms with Crippen LogP contribution in [0.5, 0.6) is 5.75 Å². The lowest BCUT2D eigenvalue weighted by Gasteiger charge is -2.03. The van der Waals surface area contributed by atoms with Crippen molar-refractivity contribution in [2.45, 2.75) is 0 Å². The van der Waals surface area contributed by atoms with Crippen LogP contribution in [0, 0.1) is 11.3 Å². The molecule has 0 bridgehead atoms. The van der Waals surface area contributed by atoms with E-state index in [4.69, 9.17) is 4.74 Å². The number of rotatable bonds is 2. The normalized spacial score (nSPS) is 10.6. The molecule has 0 fully saturated rings. The van der Waals surface area contributed by atoms with Gasteiger partial charge in [-0.1, -0.05) is 0 Å². The van der Waals surface area contributed by atoms with Gasteiger partial charge in [-0.25, -0.2) is 0 Å². The molecular formula is C15H12N2OS. The third-order valence-corrected chi connectivity index (χ3v) is 4.00. The largest absolute Gasteiger partial charge is 0.497 e. The lowest BCUT2D eigenvalue weighted by atomic mass is 10.1. The molecule has 0 spiro atoms. The van der Waals surface area contributed by atoms with E-state index in [0.717, 1.165) is 33.5 Å². The van der Waals surface area contributed by atoms with E-state index in [-0.39, 0.29) is 0 Å². The van der Waals surface area contributed by atoms with Gasteiger partial charge < -0.3 is 9.30 Å². The Hall–Kier alpha value is -2.25. The summed E-state index contributed by atoms with van der Waals surface area (Å²) in [4.78, 5) is 0. The number of nitrogens with zero attached hydrogens (tertiary/aromatic N) is 2. The third kappa shape index (κ3) is 1.71. The second-order valence-electron chi connectivity index (χ2n) is 4.29. The zero-order chi connectivity index (χ0) is 13.4. The Labute approximate surface area is 115 Å². The molecule has 2 aromatic heterocycles. The van der Waals surface area contributed by atoms with Crippen molar-refractivity contribution in [3.63, 3.8) is 0 Å². The summed E-state index contributed by atoms with van der Waals surface area (Å²) in [7, 11) is 3.63. The van der Waals surface area contributed by atoms with Crippen LogP contribution in [0.25, 0.3) is 22.2 Å². The topological polar surface area (TPSA) is 37.9 Å². The second kappa shape index (κ2) is 4.45. The van der Waals surface area contributed by atoms with Gasteiger partial charge in [0.15, 0.2) is 0 Å². The van der Waals surface area contributed by atoms with E-state index in [9.17, 15) is 5.26 Å². The van der Waals surface area contributed by atoms with Gasteiger partial charge in [0.2, 0.25) is 0 Å². The predicted octanol–water partition coefficient (Wildman–Crippen LogP) is 3.79. The number of ether oxygens (including phenoxy) is 1. The molecule has 2 heterocycles. The molecule has 0 aliphatic carbocycles. The predicted molar refractivity (Wildman–Crippen MR) is 77.5 cm³/mol. The highest BCUT2D eigenvalue weighted by atomic mass is 32.1. The Morgan fingerprint density at radius 3 is 2.79 bits per heavy atom. The Bertz CT molecular complexity index is 779. The number of benzene rings is 1. The molecular weight excluding hydrogens is 256 g/mol. The van der Waals surface area contributed by atoms with Gasteiger partial charge in [0, 0.05) is 29.4 Å². The van der Waals surface area contributed by atoms with E-state index >= 15 is 0 Å². The Kier molecular flexibility index (Phi) is 2.77. The first-order valence-corrected chi connectivity index (χ1v) is 6.79. The fourth-order valence-corrected chi connectivity index (χ4v) is 3.03. The summed E-state index contributed by atoms with van der Waals surface area (Å²) in [5.41, 5.74) is 3.78. The molecule has 0 amide bonds. The van der Waals surface area contributed by atoms with Crippen molar-refractivity contribution in [3.8, 4) is 23.1 Å². The highest BCUT2D eigenvalue weighted by Gasteiger charge is 2.17. The van der Waals surface area contributed by atoms with Gasteiger partial charge in [-0.15, -0.1) is 0 Å². The summed E-state index contributed by atoms with van der Waals surface area (Å²) in [5.74, 6) is 0.800. The molecule has 0 saturated carbocycles. The maximum atomic E-state index is 9.46. The van der Waals surface area contributed by atoms with Crippen LogP contribution in [-0.4, -0.2) is 11.7 Å². The fraction of sp³-hybridized carbons (Fsp3) is 0.133. The van der Waals surface area contributed by atoms with Crippen LogP contribution in [0.4, 0.5) is 0 Å². The molecule has 4 heteroatoms. The lowest BCUT2D eigenvalue weighted by molar-refractivity contribution is 0.415. The first-order chi connectivity index (χ1) is 9.26. The van der Waals surface area contributed by atoms with Crippen LogP contribution in [0.15, 0.2) is 35.0 Å². The maximum Gasteiger partial charge on any atom is 0.120 e. The second-order valence-corrected chi connectivity index (χ2v) is 5.07. The summed E-state index contributed by atoms with van der Waals surface area (Å²) in [6.45, 7) is 0. The average Bonchev–Trinajstić information content (AvgIpc) is 3.04. The smallest absolute Gasteiger partial charge is 0.120 e. The minimum absolute atomic E-state index is 0.721. The molecule has 3 rings (SSSR count). The molecule has 0 radical (unpaired) electrons. The summed E-state index contributed by atoms with van der Waals surface area (Å²) >= 11 is 1.63. The van der Waals surface area contributed by atoms with Crippen molar-refractivity contribution in [1.29, 1.82) is 5.26 Å². The number of methoxy groups -OCH3 is 1. The molecule has 94 valence electrons. The van der Waals surface area contributed by atoms with Crippen molar-refractivity contribution in [1.82, 2.24) is 4.57 Å². The number of hydrogen-bond donors (Lipinski definition) is 0. The molecule has 0 unspecified atom stereocenters. The van der Waals surface area contributed by atoms with E-state index in [1.165, 1.54) is 0 Å². The van der Waals surface area contributed by atoms with Crippen LogP contribution in [0.2, 0.25) is 0 Å². The van der Waals surface area contributed by atoms with Gasteiger partial charge >= 0.3 is 0 Å². The fourth-order valence-electron chi connectivity index (χ4n) is 2.39. The summed E-state index contributed by atoms with van der Waals surface area (Å²) in [6, 6.07) is 10.2. The molecule has 19 heavy (non-hydrogen) atoms. The minimum atomic E-state index is 0.721. The van der Waals surface area contributed by atoms with E-state index in [1.54, 1.807) is 18.4 Å². The lowest BCUT2D eigenvalue weighted by Crippen LogP contribution is -1.91. The van der Waals surface area contributed by atoms with Crippen LogP contribution in [0.1, 0.15) is 5.56 Å². The SMILES string of the molecule is COc1ccc2c(C#N)c(-c3ccsc3)n(C)c2c1. The van der Waals surface area contributed by atoms with Crippen LogP contribution >= 0.6 is 11.3 Å². The molecule has 0 aliphatic rings. The maximum absolute atomic E-state index is 9.46. The van der Waals surface area contributed by atoms with Crippen LogP contribution in [0.3, 0.4) is 0 Å². The molecule has 0 saturated heterocycles. The number of fused-ring (bicyclic) bond motifs is 1. The van der Waals surface area contributed by atoms with Crippen LogP contribution < -0.4 is 4.74 Å². The highest BCUT2D eigenvalue weighted by Crippen LogP contribution is 2.35. The number of hydrogen-bond acceptors (Lipinski definition) is 3. The molecule has 1 aromatic carbocycles. The van der Waals surface area contributed by atoms with Gasteiger partial charge in [0.05, 0.1) is 23.9 Å². The van der Waals surface area contributed by atoms with Gasteiger partial charge in [0.25, 0.3) is 0 Å². The molecule has 0 atom stereocenters. The summed E-state index contributed by atoms with van der Waals surface area (Å²) in [5, 5.41) is 14.5. The summed E-state index contributed by atoms with van der Waals surface area (Å²) in [6.07, 6.45) is 0. The van der Waals surface area contributed by atoms with Gasteiger partial charge in [0.1, 0.15) is 11.8 Å². The standard InChI is InChI=1S/C15H12N2OS/c1-17-14-7-11(18-2)3-4-12(14)13(8-16)15(17)10-5-6-19-9-10/h3-7,9H,1-2H3. The number of aromatic nitrogens is 1. The quantitative estimate of drug-likeness (QED) is 0.709. The van der Waals surface area contributed by atoms with Crippen molar-refractivity contribution in [2.75, 3.05) is 7.11 Å². The Morgan fingerprint density at radius 1 is 1.32 bits per heavy atom. The van der Waals surface area contributed by atoms with Gasteiger partial charge in [-0.2, -0.15) is 16.6 Å². The van der Waals surface area contributed by atoms with Gasteiger partial charge in [-0.05, 0) is 23.6 Å². The molecule has 3 nitrogen and oxygen atoms in total. The van der Waals surface area contributed by atoms with E-state index < -0.39 is 0 Å². The van der Waals surface area contributed by atoms with E-state index in [0.29, 0.717) is 0 Å². The van der Waals surface area contributed by atoms with Gasteiger partial charge in [-0.3, -0.25) is 0 Å². The van der Waals surface area contributed by atoms with Crippen molar-refractivity contribution in [2.24, 2.45) is 7.05 Å². The summed E-state index contributed by atoms with van der Waals surface area (Å²) < 4.78 is 7.31. The van der Waals surface area contributed by atoms with E-state index in [2.05, 4.69) is 16.0 Å². The minimum Gasteiger partial charge on any atom is -0.497 e. The molecule has 0 aliphatic heterocycles. The van der Waals surface area contributed by atoms with Crippen molar-refractivity contribution < 1.29 is 4.74 Å². The average molecular weight is 268 g/mol. The monoisotopic (exact) mass is 268 g/mol. The zero-order valence-electron chi connectivity index (χ0n) is 10.7. The Balaban J connectivity index is 2.40. The van der Waals surface area contributed by atoms with Crippen molar-refractivity contribution >= 4 is 22.2 Å². The first-order valence-electron chi connectivity index (χ1n) is 5.85. The third-order valence-electron chi connectivity index (χ3n) is 3.31. The molecule has 0 N–H and O–H groups in total. The number of aryl methyl sites for hydroxylation is 1. The number of nitriles is 1.